The Morgan fingerprint density at radius 2 is 1.24 bits per heavy atom. The number of allylic oxidation sites excluding steroid dienone is 6. The molecule has 1 aliphatic carbocycles. The van der Waals surface area contributed by atoms with E-state index in [4.69, 9.17) is 18.6 Å². The van der Waals surface area contributed by atoms with Crippen molar-refractivity contribution in [1.29, 1.82) is 0 Å². The lowest BCUT2D eigenvalue weighted by Crippen LogP contribution is -2.29. The van der Waals surface area contributed by atoms with Gasteiger partial charge in [-0.3, -0.25) is 4.79 Å². The number of benzene rings is 4. The number of halogens is 2. The predicted molar refractivity (Wildman–Crippen MR) is 211 cm³/mol. The molecule has 0 saturated carbocycles. The maximum atomic E-state index is 13.6. The number of carbonyl (C=O) groups is 1. The summed E-state index contributed by atoms with van der Waals surface area (Å²) in [7, 11) is 3.21. The Kier molecular flexibility index (Phi) is 9.73. The summed E-state index contributed by atoms with van der Waals surface area (Å²) in [5, 5.41) is 13.6. The van der Waals surface area contributed by atoms with E-state index in [1.165, 1.54) is 0 Å². The molecule has 0 amide bonds. The number of Topliss-reactive ketones (excluding diaryl/α,β-unsaturated/α-hetero) is 1. The van der Waals surface area contributed by atoms with Gasteiger partial charge in [-0.2, -0.15) is 0 Å². The molecule has 0 spiro atoms. The van der Waals surface area contributed by atoms with Crippen LogP contribution in [0.4, 0.5) is 0 Å². The monoisotopic (exact) mass is 882 g/mol. The minimum Gasteiger partial charge on any atom is -0.871 e. The highest BCUT2D eigenvalue weighted by atomic mass is 127. The molecule has 0 atom stereocenters. The normalized spacial score (nSPS) is 15.7. The van der Waals surface area contributed by atoms with Crippen LogP contribution in [-0.2, 0) is 9.53 Å². The van der Waals surface area contributed by atoms with Gasteiger partial charge in [0.25, 0.3) is 0 Å². The molecule has 2 heterocycles. The molecule has 6 nitrogen and oxygen atoms in total. The third-order valence-electron chi connectivity index (χ3n) is 8.23. The van der Waals surface area contributed by atoms with Gasteiger partial charge >= 0.3 is 11.5 Å². The Hall–Kier alpha value is -4.94. The Morgan fingerprint density at radius 3 is 1.88 bits per heavy atom. The average Bonchev–Trinajstić information content (AvgIpc) is 3.16. The molecule has 0 saturated heterocycles. The van der Waals surface area contributed by atoms with E-state index < -0.39 is 0 Å². The van der Waals surface area contributed by atoms with E-state index in [9.17, 15) is 9.90 Å². The summed E-state index contributed by atoms with van der Waals surface area (Å²) in [6, 6.07) is 34.6. The summed E-state index contributed by atoms with van der Waals surface area (Å²) in [4.78, 5) is 13.6. The van der Waals surface area contributed by atoms with Crippen LogP contribution in [0, 0.1) is 7.14 Å². The standard InChI is InChI=1S/C42H28I2O6/c1-47-35-9-5-3-7-31(35)39-23-25(21-37(49-39)27-11-15-29(43)16-12-27)19-33-41(45)34(42(33)46)20-26-22-38(28-13-17-30(44)18-14-28)50-40(24-26)32-8-4-6-10-36(32)48-2/h3-24H,1-2H3. The lowest BCUT2D eigenvalue weighted by atomic mass is 9.85. The van der Waals surface area contributed by atoms with Crippen molar-refractivity contribution < 1.29 is 28.5 Å². The number of methoxy groups -OCH3 is 2. The molecule has 50 heavy (non-hydrogen) atoms. The fourth-order valence-electron chi connectivity index (χ4n) is 5.71. The lowest BCUT2D eigenvalue weighted by molar-refractivity contribution is -0.300. The maximum Gasteiger partial charge on any atom is 0.365 e. The van der Waals surface area contributed by atoms with E-state index in [2.05, 4.69) is 45.2 Å². The van der Waals surface area contributed by atoms with E-state index in [0.717, 1.165) is 29.4 Å². The molecule has 1 aromatic heterocycles. The number of carbonyl (C=O) groups excluding carboxylic acids is 1. The van der Waals surface area contributed by atoms with Crippen LogP contribution in [0.2, 0.25) is 0 Å². The molecule has 0 unspecified atom stereocenters. The number of rotatable bonds is 8. The topological polar surface area (TPSA) is 79.1 Å². The molecule has 2 aliphatic rings. The molecule has 4 aromatic carbocycles. The molecule has 0 bridgehead atoms. The summed E-state index contributed by atoms with van der Waals surface area (Å²) >= 11 is 4.51. The largest absolute Gasteiger partial charge is 0.871 e. The van der Waals surface area contributed by atoms with Gasteiger partial charge in [0.1, 0.15) is 28.6 Å². The first kappa shape index (κ1) is 33.6. The van der Waals surface area contributed by atoms with Crippen molar-refractivity contribution in [3.8, 4) is 34.1 Å². The summed E-state index contributed by atoms with van der Waals surface area (Å²) < 4.78 is 26.1. The highest BCUT2D eigenvalue weighted by Gasteiger charge is 2.28. The number of ketones is 1. The first-order chi connectivity index (χ1) is 24.3. The van der Waals surface area contributed by atoms with Crippen molar-refractivity contribution in [2.45, 2.75) is 0 Å². The summed E-state index contributed by atoms with van der Waals surface area (Å²) in [5.74, 6) is 2.88. The van der Waals surface area contributed by atoms with Gasteiger partial charge < -0.3 is 19.3 Å². The lowest BCUT2D eigenvalue weighted by Gasteiger charge is -2.29. The van der Waals surface area contributed by atoms with Crippen molar-refractivity contribution in [3.63, 3.8) is 0 Å². The summed E-state index contributed by atoms with van der Waals surface area (Å²) in [5.41, 5.74) is 4.72. The van der Waals surface area contributed by atoms with Crippen LogP contribution in [0.15, 0.2) is 154 Å². The van der Waals surface area contributed by atoms with E-state index in [1.807, 2.05) is 121 Å². The van der Waals surface area contributed by atoms with Crippen LogP contribution >= 0.6 is 45.2 Å². The summed E-state index contributed by atoms with van der Waals surface area (Å²) in [6.45, 7) is 0. The molecule has 0 radical (unpaired) electrons. The first-order valence-electron chi connectivity index (χ1n) is 15.6. The average molecular weight is 882 g/mol. The molecule has 8 heteroatoms. The van der Waals surface area contributed by atoms with Crippen LogP contribution in [-0.4, -0.2) is 20.0 Å². The molecule has 1 aliphatic heterocycles. The molecular formula is C42H28I2O6. The van der Waals surface area contributed by atoms with Crippen LogP contribution in [0.3, 0.4) is 0 Å². The molecule has 0 fully saturated rings. The Morgan fingerprint density at radius 1 is 0.680 bits per heavy atom. The Labute approximate surface area is 317 Å². The van der Waals surface area contributed by atoms with Gasteiger partial charge in [0.05, 0.1) is 37.5 Å². The molecule has 0 N–H and O–H groups in total. The van der Waals surface area contributed by atoms with Gasteiger partial charge in [-0.05, 0) is 141 Å². The number of hydrogen-bond acceptors (Lipinski definition) is 5. The number of para-hydroxylation sites is 2. The van der Waals surface area contributed by atoms with E-state index in [0.29, 0.717) is 45.7 Å². The van der Waals surface area contributed by atoms with E-state index >= 15 is 0 Å². The van der Waals surface area contributed by atoms with Gasteiger partial charge in [0, 0.05) is 23.9 Å². The van der Waals surface area contributed by atoms with Crippen molar-refractivity contribution in [2.75, 3.05) is 14.2 Å². The number of hydrogen-bond donors (Lipinski definition) is 0. The van der Waals surface area contributed by atoms with Crippen LogP contribution in [0.25, 0.3) is 40.2 Å². The van der Waals surface area contributed by atoms with Crippen molar-refractivity contribution in [1.82, 2.24) is 0 Å². The molecule has 246 valence electrons. The number of ether oxygens (including phenoxy) is 3. The van der Waals surface area contributed by atoms with Crippen LogP contribution < -0.4 is 14.6 Å². The minimum atomic E-state index is -0.333. The van der Waals surface area contributed by atoms with Crippen molar-refractivity contribution >= 4 is 68.6 Å². The van der Waals surface area contributed by atoms with Crippen molar-refractivity contribution in [3.05, 3.63) is 174 Å². The van der Waals surface area contributed by atoms with Gasteiger partial charge in [0.15, 0.2) is 5.78 Å². The SMILES string of the molecule is COc1ccccc1C1=CC(=CC2=C([O-])C(=Cc3cc(-c4ccc(I)cc4)[o+]c(-c4ccccc4OC)c3)C2=O)C=C(c2ccc(I)cc2)O1. The fourth-order valence-corrected chi connectivity index (χ4v) is 6.43. The molecule has 7 rings (SSSR count). The van der Waals surface area contributed by atoms with Crippen LogP contribution in [0.1, 0.15) is 16.7 Å². The zero-order chi connectivity index (χ0) is 34.8. The smallest absolute Gasteiger partial charge is 0.365 e. The fraction of sp³-hybridized carbons (Fsp3) is 0.0476. The maximum absolute atomic E-state index is 13.6. The Balaban J connectivity index is 1.30. The minimum absolute atomic E-state index is 0.102. The van der Waals surface area contributed by atoms with Gasteiger partial charge in [-0.25, -0.2) is 4.42 Å². The third kappa shape index (κ3) is 6.90. The predicted octanol–water partition coefficient (Wildman–Crippen LogP) is 9.74. The van der Waals surface area contributed by atoms with Gasteiger partial charge in [-0.1, -0.05) is 42.2 Å². The third-order valence-corrected chi connectivity index (χ3v) is 9.67. The quantitative estimate of drug-likeness (QED) is 0.0878. The highest BCUT2D eigenvalue weighted by Crippen LogP contribution is 2.39. The summed E-state index contributed by atoms with van der Waals surface area (Å²) in [6.07, 6.45) is 6.91. The van der Waals surface area contributed by atoms with Gasteiger partial charge in [-0.15, -0.1) is 0 Å². The first-order valence-corrected chi connectivity index (χ1v) is 17.7. The van der Waals surface area contributed by atoms with Crippen LogP contribution in [0.5, 0.6) is 11.5 Å². The zero-order valence-corrected chi connectivity index (χ0v) is 31.2. The van der Waals surface area contributed by atoms with Crippen molar-refractivity contribution in [2.24, 2.45) is 0 Å². The second kappa shape index (κ2) is 14.5. The zero-order valence-electron chi connectivity index (χ0n) is 26.9. The van der Waals surface area contributed by atoms with Gasteiger partial charge in [0.2, 0.25) is 0 Å². The second-order valence-corrected chi connectivity index (χ2v) is 13.9. The molecular weight excluding hydrogens is 854 g/mol. The molecule has 5 aromatic rings. The van der Waals surface area contributed by atoms with E-state index in [1.54, 1.807) is 26.4 Å². The van der Waals surface area contributed by atoms with E-state index in [-0.39, 0.29) is 22.7 Å². The Bertz CT molecular complexity index is 2290. The highest BCUT2D eigenvalue weighted by molar-refractivity contribution is 14.1. The second-order valence-electron chi connectivity index (χ2n) is 11.4.